The Balaban J connectivity index is 1.55. The van der Waals surface area contributed by atoms with Gasteiger partial charge >= 0.3 is 0 Å². The SMILES string of the molecule is Cc1cc(OC[C@]2(CC(=O)N3CCCCC3)CCCN(C(=O)c3ccc(Cl)c(Cl)c3)C2)ccc1Cl. The summed E-state index contributed by atoms with van der Waals surface area (Å²) < 4.78 is 6.24. The van der Waals surface area contributed by atoms with E-state index in [1.807, 2.05) is 34.9 Å². The largest absolute Gasteiger partial charge is 0.493 e. The molecule has 4 rings (SSSR count). The van der Waals surface area contributed by atoms with Crippen molar-refractivity contribution in [3.05, 3.63) is 62.6 Å². The molecule has 2 aliphatic rings. The summed E-state index contributed by atoms with van der Waals surface area (Å²) in [5.41, 5.74) is 0.945. The number of ether oxygens (including phenoxy) is 1. The molecule has 2 aromatic rings. The highest BCUT2D eigenvalue weighted by atomic mass is 35.5. The number of carbonyl (C=O) groups is 2. The molecule has 2 aliphatic heterocycles. The van der Waals surface area contributed by atoms with Gasteiger partial charge in [-0.2, -0.15) is 0 Å². The maximum absolute atomic E-state index is 13.4. The first kappa shape index (κ1) is 26.1. The zero-order valence-electron chi connectivity index (χ0n) is 20.0. The maximum atomic E-state index is 13.4. The lowest BCUT2D eigenvalue weighted by Gasteiger charge is -2.43. The monoisotopic (exact) mass is 536 g/mol. The number of hydrogen-bond donors (Lipinski definition) is 0. The third kappa shape index (κ3) is 6.44. The van der Waals surface area contributed by atoms with Gasteiger partial charge in [0.2, 0.25) is 5.91 Å². The quantitative estimate of drug-likeness (QED) is 0.414. The first-order valence-corrected chi connectivity index (χ1v) is 13.3. The molecule has 0 unspecified atom stereocenters. The van der Waals surface area contributed by atoms with E-state index in [1.54, 1.807) is 18.2 Å². The molecule has 8 heteroatoms. The van der Waals surface area contributed by atoms with Crippen LogP contribution in [0.4, 0.5) is 0 Å². The van der Waals surface area contributed by atoms with Crippen LogP contribution in [0.2, 0.25) is 15.1 Å². The van der Waals surface area contributed by atoms with Gasteiger partial charge < -0.3 is 14.5 Å². The van der Waals surface area contributed by atoms with Gasteiger partial charge in [0.15, 0.2) is 0 Å². The predicted octanol–water partition coefficient (Wildman–Crippen LogP) is 6.66. The van der Waals surface area contributed by atoms with Gasteiger partial charge in [0.25, 0.3) is 5.91 Å². The molecule has 2 fully saturated rings. The number of amides is 2. The van der Waals surface area contributed by atoms with Gasteiger partial charge in [0.1, 0.15) is 5.75 Å². The summed E-state index contributed by atoms with van der Waals surface area (Å²) in [7, 11) is 0. The average molecular weight is 538 g/mol. The summed E-state index contributed by atoms with van der Waals surface area (Å²) in [5, 5.41) is 1.45. The van der Waals surface area contributed by atoms with Crippen LogP contribution in [0, 0.1) is 12.3 Å². The highest BCUT2D eigenvalue weighted by Crippen LogP contribution is 2.37. The van der Waals surface area contributed by atoms with Crippen LogP contribution in [-0.4, -0.2) is 54.4 Å². The van der Waals surface area contributed by atoms with Crippen molar-refractivity contribution in [1.29, 1.82) is 0 Å². The Morgan fingerprint density at radius 2 is 1.60 bits per heavy atom. The third-order valence-electron chi connectivity index (χ3n) is 7.02. The van der Waals surface area contributed by atoms with Gasteiger partial charge in [0.05, 0.1) is 16.7 Å². The smallest absolute Gasteiger partial charge is 0.253 e. The lowest BCUT2D eigenvalue weighted by molar-refractivity contribution is -0.136. The van der Waals surface area contributed by atoms with E-state index in [0.29, 0.717) is 52.5 Å². The fourth-order valence-electron chi connectivity index (χ4n) is 5.03. The second kappa shape index (κ2) is 11.4. The maximum Gasteiger partial charge on any atom is 0.253 e. The Kier molecular flexibility index (Phi) is 8.51. The molecular formula is C27H31Cl3N2O3. The number of halogens is 3. The van der Waals surface area contributed by atoms with Gasteiger partial charge in [0, 0.05) is 48.6 Å². The molecule has 0 aromatic heterocycles. The molecule has 2 amide bonds. The minimum absolute atomic E-state index is 0.111. The molecule has 0 radical (unpaired) electrons. The summed E-state index contributed by atoms with van der Waals surface area (Å²) in [6.45, 7) is 4.95. The zero-order chi connectivity index (χ0) is 25.0. The Hall–Kier alpha value is -1.95. The zero-order valence-corrected chi connectivity index (χ0v) is 22.3. The Morgan fingerprint density at radius 3 is 2.31 bits per heavy atom. The fourth-order valence-corrected chi connectivity index (χ4v) is 5.44. The molecule has 2 heterocycles. The van der Waals surface area contributed by atoms with Gasteiger partial charge in [-0.15, -0.1) is 0 Å². The summed E-state index contributed by atoms with van der Waals surface area (Å²) in [5.74, 6) is 0.745. The van der Waals surface area contributed by atoms with E-state index in [9.17, 15) is 9.59 Å². The predicted molar refractivity (Wildman–Crippen MR) is 141 cm³/mol. The Labute approximate surface area is 222 Å². The number of nitrogens with zero attached hydrogens (tertiary/aromatic N) is 2. The van der Waals surface area contributed by atoms with Gasteiger partial charge in [-0.3, -0.25) is 9.59 Å². The van der Waals surface area contributed by atoms with Crippen LogP contribution in [0.25, 0.3) is 0 Å². The Bertz CT molecular complexity index is 1090. The van der Waals surface area contributed by atoms with Crippen molar-refractivity contribution >= 4 is 46.6 Å². The van der Waals surface area contributed by atoms with Crippen molar-refractivity contribution in [3.63, 3.8) is 0 Å². The van der Waals surface area contributed by atoms with Crippen molar-refractivity contribution in [2.24, 2.45) is 5.41 Å². The Morgan fingerprint density at radius 1 is 0.886 bits per heavy atom. The van der Waals surface area contributed by atoms with Gasteiger partial charge in [-0.05, 0) is 81.0 Å². The van der Waals surface area contributed by atoms with E-state index < -0.39 is 5.41 Å². The molecule has 35 heavy (non-hydrogen) atoms. The third-order valence-corrected chi connectivity index (χ3v) is 8.19. The summed E-state index contributed by atoms with van der Waals surface area (Å²) in [6.07, 6.45) is 5.21. The number of carbonyl (C=O) groups excluding carboxylic acids is 2. The van der Waals surface area contributed by atoms with E-state index in [2.05, 4.69) is 0 Å². The minimum Gasteiger partial charge on any atom is -0.493 e. The fraction of sp³-hybridized carbons (Fsp3) is 0.481. The molecule has 5 nitrogen and oxygen atoms in total. The second-order valence-corrected chi connectivity index (χ2v) is 11.0. The van der Waals surface area contributed by atoms with Crippen molar-refractivity contribution in [2.45, 2.75) is 45.4 Å². The molecule has 188 valence electrons. The number of likely N-dealkylation sites (tertiary alicyclic amines) is 2. The second-order valence-electron chi connectivity index (χ2n) is 9.78. The molecular weight excluding hydrogens is 507 g/mol. The standard InChI is InChI=1S/C27H31Cl3N2O3/c1-19-14-21(7-9-22(19)28)35-18-27(16-25(33)31-11-3-2-4-12-31)10-5-13-32(17-27)26(34)20-6-8-23(29)24(30)15-20/h6-9,14-15H,2-5,10-13,16-18H2,1H3/t27-/m0/s1. The van der Waals surface area contributed by atoms with E-state index in [4.69, 9.17) is 39.5 Å². The van der Waals surface area contributed by atoms with Crippen LogP contribution >= 0.6 is 34.8 Å². The molecule has 0 aliphatic carbocycles. The number of hydrogen-bond acceptors (Lipinski definition) is 3. The highest BCUT2D eigenvalue weighted by molar-refractivity contribution is 6.42. The molecule has 2 saturated heterocycles. The van der Waals surface area contributed by atoms with Crippen LogP contribution in [0.1, 0.15) is 54.4 Å². The lowest BCUT2D eigenvalue weighted by atomic mass is 9.77. The number of piperidine rings is 2. The molecule has 2 aromatic carbocycles. The van der Waals surface area contributed by atoms with Crippen LogP contribution < -0.4 is 4.74 Å². The molecule has 1 atom stereocenters. The minimum atomic E-state index is -0.480. The first-order chi connectivity index (χ1) is 16.8. The number of rotatable bonds is 6. The van der Waals surface area contributed by atoms with Gasteiger partial charge in [-0.1, -0.05) is 34.8 Å². The van der Waals surface area contributed by atoms with Crippen LogP contribution in [-0.2, 0) is 4.79 Å². The average Bonchev–Trinajstić information content (AvgIpc) is 2.86. The van der Waals surface area contributed by atoms with E-state index in [-0.39, 0.29) is 11.8 Å². The lowest BCUT2D eigenvalue weighted by Crippen LogP contribution is -2.51. The number of aryl methyl sites for hydroxylation is 1. The molecule has 0 saturated carbocycles. The summed E-state index contributed by atoms with van der Waals surface area (Å²) in [4.78, 5) is 30.5. The summed E-state index contributed by atoms with van der Waals surface area (Å²) in [6, 6.07) is 10.5. The highest BCUT2D eigenvalue weighted by Gasteiger charge is 2.41. The van der Waals surface area contributed by atoms with Crippen molar-refractivity contribution in [1.82, 2.24) is 9.80 Å². The normalized spacial score (nSPS) is 20.6. The van der Waals surface area contributed by atoms with Crippen LogP contribution in [0.15, 0.2) is 36.4 Å². The first-order valence-electron chi connectivity index (χ1n) is 12.2. The van der Waals surface area contributed by atoms with Crippen LogP contribution in [0.5, 0.6) is 5.75 Å². The van der Waals surface area contributed by atoms with Crippen LogP contribution in [0.3, 0.4) is 0 Å². The van der Waals surface area contributed by atoms with E-state index >= 15 is 0 Å². The molecule has 0 N–H and O–H groups in total. The molecule has 0 spiro atoms. The van der Waals surface area contributed by atoms with E-state index in [0.717, 1.165) is 44.3 Å². The topological polar surface area (TPSA) is 49.9 Å². The van der Waals surface area contributed by atoms with Crippen molar-refractivity contribution < 1.29 is 14.3 Å². The van der Waals surface area contributed by atoms with Crippen molar-refractivity contribution in [3.8, 4) is 5.75 Å². The summed E-state index contributed by atoms with van der Waals surface area (Å²) >= 11 is 18.4. The van der Waals surface area contributed by atoms with E-state index in [1.165, 1.54) is 6.42 Å². The van der Waals surface area contributed by atoms with Gasteiger partial charge in [-0.25, -0.2) is 0 Å². The molecule has 0 bridgehead atoms. The van der Waals surface area contributed by atoms with Crippen molar-refractivity contribution in [2.75, 3.05) is 32.8 Å². The number of benzene rings is 2.